The van der Waals surface area contributed by atoms with Gasteiger partial charge in [0.05, 0.1) is 5.56 Å². The molecule has 0 amide bonds. The van der Waals surface area contributed by atoms with Gasteiger partial charge in [-0.05, 0) is 61.5 Å². The highest BCUT2D eigenvalue weighted by Crippen LogP contribution is 2.32. The van der Waals surface area contributed by atoms with Gasteiger partial charge in [-0.2, -0.15) is 13.2 Å². The predicted molar refractivity (Wildman–Crippen MR) is 100 cm³/mol. The van der Waals surface area contributed by atoms with Crippen molar-refractivity contribution in [2.45, 2.75) is 25.6 Å². The van der Waals surface area contributed by atoms with E-state index in [0.29, 0.717) is 29.7 Å². The molecular formula is C18H19F3N4S. The summed E-state index contributed by atoms with van der Waals surface area (Å²) in [4.78, 5) is 6.12. The Labute approximate surface area is 155 Å². The van der Waals surface area contributed by atoms with Gasteiger partial charge >= 0.3 is 6.18 Å². The second kappa shape index (κ2) is 7.49. The number of nitrogens with one attached hydrogen (secondary N) is 2. The van der Waals surface area contributed by atoms with Crippen LogP contribution in [0.1, 0.15) is 17.5 Å². The number of aryl methyl sites for hydroxylation is 1. The molecule has 1 saturated heterocycles. The van der Waals surface area contributed by atoms with Gasteiger partial charge in [0, 0.05) is 31.0 Å². The van der Waals surface area contributed by atoms with Crippen molar-refractivity contribution in [1.82, 2.24) is 10.3 Å². The maximum atomic E-state index is 12.9. The zero-order valence-corrected chi connectivity index (χ0v) is 15.0. The average Bonchev–Trinajstić information content (AvgIpc) is 3.02. The molecule has 1 aliphatic heterocycles. The van der Waals surface area contributed by atoms with Gasteiger partial charge in [0.15, 0.2) is 5.11 Å². The van der Waals surface area contributed by atoms with Crippen molar-refractivity contribution in [3.63, 3.8) is 0 Å². The molecule has 1 aromatic heterocycles. The number of pyridine rings is 1. The number of anilines is 2. The summed E-state index contributed by atoms with van der Waals surface area (Å²) in [5.41, 5.74) is 1.01. The van der Waals surface area contributed by atoms with Crippen molar-refractivity contribution in [2.24, 2.45) is 0 Å². The molecule has 1 aromatic carbocycles. The van der Waals surface area contributed by atoms with Gasteiger partial charge in [0.2, 0.25) is 0 Å². The number of hydrogen-bond donors (Lipinski definition) is 2. The Kier molecular flexibility index (Phi) is 5.31. The largest absolute Gasteiger partial charge is 0.416 e. The second-order valence-corrected chi connectivity index (χ2v) is 6.70. The van der Waals surface area contributed by atoms with E-state index in [1.807, 2.05) is 24.0 Å². The van der Waals surface area contributed by atoms with Gasteiger partial charge in [0.1, 0.15) is 5.82 Å². The molecule has 1 atom stereocenters. The van der Waals surface area contributed by atoms with E-state index < -0.39 is 11.7 Å². The van der Waals surface area contributed by atoms with Crippen LogP contribution in [-0.2, 0) is 6.18 Å². The van der Waals surface area contributed by atoms with Crippen molar-refractivity contribution >= 4 is 28.8 Å². The third-order valence-corrected chi connectivity index (χ3v) is 4.44. The maximum absolute atomic E-state index is 12.9. The summed E-state index contributed by atoms with van der Waals surface area (Å²) in [5.74, 6) is 0.662. The Balaban J connectivity index is 1.58. The number of thiocarbonyl (C=S) groups is 1. The fourth-order valence-corrected chi connectivity index (χ4v) is 3.21. The lowest BCUT2D eigenvalue weighted by molar-refractivity contribution is -0.137. The van der Waals surface area contributed by atoms with E-state index in [1.165, 1.54) is 12.1 Å². The first-order chi connectivity index (χ1) is 12.3. The average molecular weight is 380 g/mol. The van der Waals surface area contributed by atoms with E-state index in [9.17, 15) is 13.2 Å². The molecule has 4 nitrogen and oxygen atoms in total. The summed E-state index contributed by atoms with van der Waals surface area (Å²) in [7, 11) is 0. The molecule has 0 aliphatic carbocycles. The van der Waals surface area contributed by atoms with Gasteiger partial charge in [0.25, 0.3) is 0 Å². The van der Waals surface area contributed by atoms with Crippen molar-refractivity contribution in [3.8, 4) is 0 Å². The van der Waals surface area contributed by atoms with Crippen LogP contribution in [0.15, 0.2) is 42.6 Å². The number of aromatic nitrogens is 1. The van der Waals surface area contributed by atoms with E-state index >= 15 is 0 Å². The molecule has 8 heteroatoms. The number of hydrogen-bond acceptors (Lipinski definition) is 3. The molecule has 3 rings (SSSR count). The molecular weight excluding hydrogens is 361 g/mol. The van der Waals surface area contributed by atoms with Crippen LogP contribution in [0.5, 0.6) is 0 Å². The molecule has 0 spiro atoms. The second-order valence-electron chi connectivity index (χ2n) is 6.30. The van der Waals surface area contributed by atoms with Crippen molar-refractivity contribution in [3.05, 3.63) is 53.7 Å². The van der Waals surface area contributed by atoms with Crippen molar-refractivity contribution in [1.29, 1.82) is 0 Å². The monoisotopic (exact) mass is 380 g/mol. The lowest BCUT2D eigenvalue weighted by Crippen LogP contribution is -2.39. The molecule has 0 saturated carbocycles. The molecule has 1 fully saturated rings. The number of halogens is 3. The molecule has 1 aliphatic rings. The Morgan fingerprint density at radius 1 is 1.27 bits per heavy atom. The summed E-state index contributed by atoms with van der Waals surface area (Å²) < 4.78 is 38.6. The fraction of sp³-hybridized carbons (Fsp3) is 0.333. The van der Waals surface area contributed by atoms with Gasteiger partial charge in [-0.3, -0.25) is 0 Å². The van der Waals surface area contributed by atoms with Gasteiger partial charge < -0.3 is 15.5 Å². The van der Waals surface area contributed by atoms with E-state index in [2.05, 4.69) is 15.6 Å². The van der Waals surface area contributed by atoms with E-state index in [4.69, 9.17) is 12.2 Å². The molecule has 0 unspecified atom stereocenters. The van der Waals surface area contributed by atoms with Crippen LogP contribution in [-0.4, -0.2) is 29.2 Å². The minimum Gasteiger partial charge on any atom is -0.369 e. The van der Waals surface area contributed by atoms with Gasteiger partial charge in [-0.25, -0.2) is 4.98 Å². The highest BCUT2D eigenvalue weighted by Gasteiger charge is 2.31. The van der Waals surface area contributed by atoms with Crippen LogP contribution in [0.4, 0.5) is 24.7 Å². The van der Waals surface area contributed by atoms with Crippen LogP contribution >= 0.6 is 12.2 Å². The normalized spacial score (nSPS) is 17.2. The van der Waals surface area contributed by atoms with Crippen molar-refractivity contribution < 1.29 is 13.2 Å². The Morgan fingerprint density at radius 3 is 2.81 bits per heavy atom. The van der Waals surface area contributed by atoms with Crippen LogP contribution in [0.2, 0.25) is 0 Å². The van der Waals surface area contributed by atoms with E-state index in [1.54, 1.807) is 12.3 Å². The maximum Gasteiger partial charge on any atom is 0.416 e. The summed E-state index contributed by atoms with van der Waals surface area (Å²) in [6.45, 7) is 3.22. The first-order valence-corrected chi connectivity index (χ1v) is 8.64. The molecule has 0 bridgehead atoms. The molecule has 2 aromatic rings. The Morgan fingerprint density at radius 2 is 2.08 bits per heavy atom. The summed E-state index contributed by atoms with van der Waals surface area (Å²) >= 11 is 5.31. The third-order valence-electron chi connectivity index (χ3n) is 4.22. The highest BCUT2D eigenvalue weighted by atomic mass is 32.1. The number of rotatable bonds is 3. The molecule has 2 heterocycles. The topological polar surface area (TPSA) is 40.2 Å². The van der Waals surface area contributed by atoms with E-state index in [-0.39, 0.29) is 6.04 Å². The minimum atomic E-state index is -4.33. The number of benzene rings is 1. The van der Waals surface area contributed by atoms with E-state index in [0.717, 1.165) is 18.1 Å². The Hall–Kier alpha value is -2.35. The summed E-state index contributed by atoms with van der Waals surface area (Å²) in [6.07, 6.45) is -1.84. The number of alkyl halides is 3. The molecule has 138 valence electrons. The van der Waals surface area contributed by atoms with Crippen molar-refractivity contribution in [2.75, 3.05) is 23.3 Å². The van der Waals surface area contributed by atoms with Crippen LogP contribution in [0.3, 0.4) is 0 Å². The first kappa shape index (κ1) is 18.4. The quantitative estimate of drug-likeness (QED) is 0.789. The fourth-order valence-electron chi connectivity index (χ4n) is 2.93. The third kappa shape index (κ3) is 4.63. The van der Waals surface area contributed by atoms with Crippen LogP contribution in [0, 0.1) is 6.92 Å². The zero-order chi connectivity index (χ0) is 18.7. The SMILES string of the molecule is Cc1ccnc(NC(=S)N[C@@H]2CCN(c3cccc(C(F)(F)F)c3)C2)c1. The van der Waals surface area contributed by atoms with Gasteiger partial charge in [-0.15, -0.1) is 0 Å². The standard InChI is InChI=1S/C18H19F3N4S/c1-12-5-7-22-16(9-12)24-17(26)23-14-6-8-25(11-14)15-4-2-3-13(10-15)18(19,20)21/h2-5,7,9-10,14H,6,8,11H2,1H3,(H2,22,23,24,26)/t14-/m1/s1. The molecule has 26 heavy (non-hydrogen) atoms. The highest BCUT2D eigenvalue weighted by molar-refractivity contribution is 7.80. The number of nitrogens with zero attached hydrogens (tertiary/aromatic N) is 2. The molecule has 2 N–H and O–H groups in total. The Bertz CT molecular complexity index is 794. The lowest BCUT2D eigenvalue weighted by Gasteiger charge is -2.21. The predicted octanol–water partition coefficient (Wildman–Crippen LogP) is 3.97. The van der Waals surface area contributed by atoms with Gasteiger partial charge in [-0.1, -0.05) is 6.07 Å². The first-order valence-electron chi connectivity index (χ1n) is 8.23. The summed E-state index contributed by atoms with van der Waals surface area (Å²) in [5, 5.41) is 6.70. The smallest absolute Gasteiger partial charge is 0.369 e. The summed E-state index contributed by atoms with van der Waals surface area (Å²) in [6, 6.07) is 9.26. The lowest BCUT2D eigenvalue weighted by atomic mass is 10.2. The van der Waals surface area contributed by atoms with Crippen LogP contribution < -0.4 is 15.5 Å². The van der Waals surface area contributed by atoms with Crippen LogP contribution in [0.25, 0.3) is 0 Å². The minimum absolute atomic E-state index is 0.0642. The zero-order valence-electron chi connectivity index (χ0n) is 14.2. The molecule has 0 radical (unpaired) electrons.